The molecule has 2 aromatic carbocycles. The molecule has 6 nitrogen and oxygen atoms in total. The average molecular weight is 466 g/mol. The lowest BCUT2D eigenvalue weighted by Gasteiger charge is -2.07. The minimum absolute atomic E-state index is 0.144. The van der Waals surface area contributed by atoms with Gasteiger partial charge in [-0.05, 0) is 50.2 Å². The van der Waals surface area contributed by atoms with Gasteiger partial charge in [0.15, 0.2) is 5.13 Å². The Morgan fingerprint density at radius 1 is 1.09 bits per heavy atom. The van der Waals surface area contributed by atoms with Crippen molar-refractivity contribution in [3.05, 3.63) is 64.5 Å². The predicted octanol–water partition coefficient (Wildman–Crippen LogP) is 5.83. The summed E-state index contributed by atoms with van der Waals surface area (Å²) in [5.74, 6) is 1.45. The van der Waals surface area contributed by atoms with Crippen molar-refractivity contribution in [1.82, 2.24) is 9.97 Å². The number of aryl methyl sites for hydroxylation is 1. The Bertz CT molecular complexity index is 1220. The molecule has 0 fully saturated rings. The van der Waals surface area contributed by atoms with Crippen molar-refractivity contribution >= 4 is 33.7 Å². The number of hydrogen-bond acceptors (Lipinski definition) is 7. The molecule has 0 atom stereocenters. The fraction of sp³-hybridized carbons (Fsp3) is 0.208. The van der Waals surface area contributed by atoms with Crippen molar-refractivity contribution in [3.63, 3.8) is 0 Å². The highest BCUT2D eigenvalue weighted by Crippen LogP contribution is 2.33. The Hall–Kier alpha value is -3.23. The molecule has 1 N–H and O–H groups in total. The maximum atomic E-state index is 12.6. The average Bonchev–Trinajstić information content (AvgIpc) is 3.40. The van der Waals surface area contributed by atoms with Crippen LogP contribution in [0.2, 0.25) is 0 Å². The van der Waals surface area contributed by atoms with Crippen LogP contribution < -0.4 is 14.8 Å². The molecule has 0 aliphatic rings. The summed E-state index contributed by atoms with van der Waals surface area (Å²) < 4.78 is 10.9. The van der Waals surface area contributed by atoms with Crippen LogP contribution in [0.3, 0.4) is 0 Å². The molecule has 1 amide bonds. The number of methoxy groups -OCH3 is 1. The molecule has 0 spiro atoms. The van der Waals surface area contributed by atoms with E-state index in [4.69, 9.17) is 9.47 Å². The summed E-state index contributed by atoms with van der Waals surface area (Å²) in [5, 5.41) is 6.23. The van der Waals surface area contributed by atoms with Gasteiger partial charge in [-0.1, -0.05) is 12.1 Å². The van der Waals surface area contributed by atoms with E-state index >= 15 is 0 Å². The Morgan fingerprint density at radius 3 is 2.62 bits per heavy atom. The van der Waals surface area contributed by atoms with Gasteiger partial charge in [0.05, 0.1) is 37.1 Å². The lowest BCUT2D eigenvalue weighted by molar-refractivity contribution is -0.115. The molecule has 4 aromatic rings. The van der Waals surface area contributed by atoms with Gasteiger partial charge in [0, 0.05) is 15.8 Å². The molecule has 8 heteroatoms. The molecule has 0 radical (unpaired) electrons. The predicted molar refractivity (Wildman–Crippen MR) is 130 cm³/mol. The Labute approximate surface area is 194 Å². The number of hydrogen-bond donors (Lipinski definition) is 1. The van der Waals surface area contributed by atoms with Gasteiger partial charge in [-0.15, -0.1) is 22.7 Å². The van der Waals surface area contributed by atoms with Crippen LogP contribution in [0.4, 0.5) is 5.13 Å². The number of aromatic nitrogens is 2. The van der Waals surface area contributed by atoms with Crippen LogP contribution in [0, 0.1) is 6.92 Å². The van der Waals surface area contributed by atoms with E-state index in [1.807, 2.05) is 67.8 Å². The first-order valence-electron chi connectivity index (χ1n) is 10.2. The third kappa shape index (κ3) is 4.98. The number of nitrogens with one attached hydrogen (secondary N) is 1. The van der Waals surface area contributed by atoms with Gasteiger partial charge in [-0.2, -0.15) is 0 Å². The maximum Gasteiger partial charge on any atom is 0.232 e. The van der Waals surface area contributed by atoms with E-state index in [-0.39, 0.29) is 12.3 Å². The highest BCUT2D eigenvalue weighted by molar-refractivity contribution is 7.16. The second-order valence-electron chi connectivity index (χ2n) is 6.95. The Kier molecular flexibility index (Phi) is 6.82. The monoisotopic (exact) mass is 465 g/mol. The smallest absolute Gasteiger partial charge is 0.232 e. The summed E-state index contributed by atoms with van der Waals surface area (Å²) in [5.41, 5.74) is 3.50. The normalized spacial score (nSPS) is 10.7. The number of amides is 1. The molecule has 4 rings (SSSR count). The molecule has 0 aliphatic carbocycles. The molecule has 0 saturated carbocycles. The summed E-state index contributed by atoms with van der Waals surface area (Å²) in [6.45, 7) is 4.54. The molecule has 2 heterocycles. The SMILES string of the molecule is CCOc1ccccc1-c1nc(CC(=O)Nc2nc(-c3ccc(OC)cc3)c(C)s2)cs1. The van der Waals surface area contributed by atoms with E-state index in [0.29, 0.717) is 11.7 Å². The topological polar surface area (TPSA) is 73.3 Å². The second kappa shape index (κ2) is 9.93. The first-order chi connectivity index (χ1) is 15.6. The van der Waals surface area contributed by atoms with Gasteiger partial charge in [-0.3, -0.25) is 4.79 Å². The van der Waals surface area contributed by atoms with E-state index in [2.05, 4.69) is 15.3 Å². The number of anilines is 1. The molecule has 164 valence electrons. The lowest BCUT2D eigenvalue weighted by Crippen LogP contribution is -2.14. The van der Waals surface area contributed by atoms with Crippen molar-refractivity contribution in [2.75, 3.05) is 19.0 Å². The molecule has 0 unspecified atom stereocenters. The molecular weight excluding hydrogens is 442 g/mol. The highest BCUT2D eigenvalue weighted by atomic mass is 32.1. The minimum Gasteiger partial charge on any atom is -0.497 e. The fourth-order valence-corrected chi connectivity index (χ4v) is 4.93. The number of thiazole rings is 2. The summed E-state index contributed by atoms with van der Waals surface area (Å²) in [7, 11) is 1.64. The van der Waals surface area contributed by atoms with Gasteiger partial charge in [-0.25, -0.2) is 9.97 Å². The largest absolute Gasteiger partial charge is 0.497 e. The number of rotatable bonds is 8. The third-order valence-corrected chi connectivity index (χ3v) is 6.53. The number of carbonyl (C=O) groups is 1. The van der Waals surface area contributed by atoms with Crippen LogP contribution in [0.15, 0.2) is 53.9 Å². The molecule has 0 aliphatic heterocycles. The number of nitrogens with zero attached hydrogens (tertiary/aromatic N) is 2. The molecular formula is C24H23N3O3S2. The van der Waals surface area contributed by atoms with Gasteiger partial charge in [0.1, 0.15) is 16.5 Å². The van der Waals surface area contributed by atoms with Crippen molar-refractivity contribution in [2.45, 2.75) is 20.3 Å². The first kappa shape index (κ1) is 22.0. The van der Waals surface area contributed by atoms with Crippen molar-refractivity contribution < 1.29 is 14.3 Å². The van der Waals surface area contributed by atoms with Crippen LogP contribution in [0.25, 0.3) is 21.8 Å². The van der Waals surface area contributed by atoms with Crippen LogP contribution in [0.5, 0.6) is 11.5 Å². The lowest BCUT2D eigenvalue weighted by atomic mass is 10.1. The zero-order valence-corrected chi connectivity index (χ0v) is 19.7. The van der Waals surface area contributed by atoms with E-state index in [1.54, 1.807) is 7.11 Å². The van der Waals surface area contributed by atoms with Crippen LogP contribution in [0.1, 0.15) is 17.5 Å². The standard InChI is InChI=1S/C24H23N3O3S2/c1-4-30-20-8-6-5-7-19(20)23-25-17(14-31-23)13-21(28)26-24-27-22(15(2)32-24)16-9-11-18(29-3)12-10-16/h5-12,14H,4,13H2,1-3H3,(H,26,27,28). The summed E-state index contributed by atoms with van der Waals surface area (Å²) in [6, 6.07) is 15.5. The van der Waals surface area contributed by atoms with Crippen LogP contribution in [-0.4, -0.2) is 29.6 Å². The maximum absolute atomic E-state index is 12.6. The Balaban J connectivity index is 1.44. The summed E-state index contributed by atoms with van der Waals surface area (Å²) in [6.07, 6.45) is 0.184. The quantitative estimate of drug-likeness (QED) is 0.354. The highest BCUT2D eigenvalue weighted by Gasteiger charge is 2.15. The summed E-state index contributed by atoms with van der Waals surface area (Å²) in [4.78, 5) is 22.9. The van der Waals surface area contributed by atoms with Crippen molar-refractivity contribution in [3.8, 4) is 33.3 Å². The van der Waals surface area contributed by atoms with Crippen molar-refractivity contribution in [2.24, 2.45) is 0 Å². The van der Waals surface area contributed by atoms with Gasteiger partial charge < -0.3 is 14.8 Å². The van der Waals surface area contributed by atoms with E-state index < -0.39 is 0 Å². The van der Waals surface area contributed by atoms with Crippen molar-refractivity contribution in [1.29, 1.82) is 0 Å². The molecule has 2 aromatic heterocycles. The zero-order valence-electron chi connectivity index (χ0n) is 18.0. The van der Waals surface area contributed by atoms with Gasteiger partial charge >= 0.3 is 0 Å². The molecule has 0 saturated heterocycles. The fourth-order valence-electron chi connectivity index (χ4n) is 3.23. The first-order valence-corrected chi connectivity index (χ1v) is 11.8. The molecule has 0 bridgehead atoms. The second-order valence-corrected chi connectivity index (χ2v) is 9.01. The van der Waals surface area contributed by atoms with E-state index in [9.17, 15) is 4.79 Å². The van der Waals surface area contributed by atoms with Crippen LogP contribution in [-0.2, 0) is 11.2 Å². The zero-order chi connectivity index (χ0) is 22.5. The number of para-hydroxylation sites is 1. The van der Waals surface area contributed by atoms with Gasteiger partial charge in [0.2, 0.25) is 5.91 Å². The summed E-state index contributed by atoms with van der Waals surface area (Å²) >= 11 is 2.96. The van der Waals surface area contributed by atoms with E-state index in [1.165, 1.54) is 22.7 Å². The number of carbonyl (C=O) groups excluding carboxylic acids is 1. The number of benzene rings is 2. The molecule has 32 heavy (non-hydrogen) atoms. The minimum atomic E-state index is -0.144. The van der Waals surface area contributed by atoms with Crippen LogP contribution >= 0.6 is 22.7 Å². The van der Waals surface area contributed by atoms with Gasteiger partial charge in [0.25, 0.3) is 0 Å². The van der Waals surface area contributed by atoms with E-state index in [0.717, 1.165) is 43.9 Å². The third-order valence-electron chi connectivity index (χ3n) is 4.72. The number of ether oxygens (including phenoxy) is 2. The Morgan fingerprint density at radius 2 is 1.88 bits per heavy atom.